The van der Waals surface area contributed by atoms with Crippen LogP contribution in [0.2, 0.25) is 5.15 Å². The molecule has 4 fully saturated rings. The van der Waals surface area contributed by atoms with Crippen molar-refractivity contribution in [1.29, 1.82) is 0 Å². The van der Waals surface area contributed by atoms with Gasteiger partial charge in [-0.25, -0.2) is 18.1 Å². The van der Waals surface area contributed by atoms with Gasteiger partial charge in [-0.15, -0.1) is 0 Å². The first-order valence-electron chi connectivity index (χ1n) is 8.50. The minimum absolute atomic E-state index is 0.0309. The number of aromatic nitrogens is 1. The first kappa shape index (κ1) is 15.9. The standard InChI is InChI=1S/C17H23ClN2O2S/c1-11(20-23(21,22)15-2-3-16(18)19-10-15)17-7-12-4-13(8-17)6-14(5-12)9-17/h2-3,10-14,20H,4-9H2,1H3/t11-,12?,13?,14?,17?/m0/s1. The highest BCUT2D eigenvalue weighted by Gasteiger charge is 2.53. The lowest BCUT2D eigenvalue weighted by Crippen LogP contribution is -2.55. The van der Waals surface area contributed by atoms with Crippen molar-refractivity contribution in [2.75, 3.05) is 0 Å². The number of nitrogens with one attached hydrogen (secondary N) is 1. The molecule has 6 heteroatoms. The van der Waals surface area contributed by atoms with Gasteiger partial charge in [0.1, 0.15) is 10.0 Å². The first-order chi connectivity index (χ1) is 10.9. The quantitative estimate of drug-likeness (QED) is 0.840. The van der Waals surface area contributed by atoms with Gasteiger partial charge in [0.05, 0.1) is 0 Å². The average Bonchev–Trinajstić information content (AvgIpc) is 2.45. The lowest BCUT2D eigenvalue weighted by Gasteiger charge is -2.59. The molecule has 4 aliphatic rings. The van der Waals surface area contributed by atoms with E-state index in [9.17, 15) is 8.42 Å². The molecule has 0 saturated heterocycles. The van der Waals surface area contributed by atoms with Gasteiger partial charge >= 0.3 is 0 Å². The van der Waals surface area contributed by atoms with Gasteiger partial charge < -0.3 is 0 Å². The number of hydrogen-bond donors (Lipinski definition) is 1. The van der Waals surface area contributed by atoms with Crippen molar-refractivity contribution in [3.05, 3.63) is 23.5 Å². The number of halogens is 1. The Kier molecular flexibility index (Phi) is 3.74. The Bertz CT molecular complexity index is 667. The molecule has 0 aliphatic heterocycles. The molecule has 0 unspecified atom stereocenters. The second-order valence-corrected chi connectivity index (χ2v) is 10.0. The Balaban J connectivity index is 1.55. The predicted octanol–water partition coefficient (Wildman–Crippen LogP) is 3.62. The highest BCUT2D eigenvalue weighted by molar-refractivity contribution is 7.89. The van der Waals surface area contributed by atoms with Crippen LogP contribution in [0.4, 0.5) is 0 Å². The average molecular weight is 355 g/mol. The normalized spacial score (nSPS) is 37.0. The van der Waals surface area contributed by atoms with Crippen LogP contribution in [0.3, 0.4) is 0 Å². The first-order valence-corrected chi connectivity index (χ1v) is 10.4. The zero-order valence-electron chi connectivity index (χ0n) is 13.3. The minimum Gasteiger partial charge on any atom is -0.243 e. The summed E-state index contributed by atoms with van der Waals surface area (Å²) in [5, 5.41) is 0.304. The van der Waals surface area contributed by atoms with Crippen molar-refractivity contribution in [3.8, 4) is 0 Å². The molecule has 5 rings (SSSR count). The Labute approximate surface area is 143 Å². The summed E-state index contributed by atoms with van der Waals surface area (Å²) < 4.78 is 28.2. The Morgan fingerprint density at radius 3 is 2.22 bits per heavy atom. The second kappa shape index (κ2) is 5.43. The molecule has 1 atom stereocenters. The Morgan fingerprint density at radius 1 is 1.17 bits per heavy atom. The van der Waals surface area contributed by atoms with Gasteiger partial charge in [-0.05, 0) is 80.8 Å². The highest BCUT2D eigenvalue weighted by Crippen LogP contribution is 2.61. The molecule has 0 amide bonds. The van der Waals surface area contributed by atoms with Gasteiger partial charge in [0, 0.05) is 12.2 Å². The van der Waals surface area contributed by atoms with Crippen LogP contribution in [0.25, 0.3) is 0 Å². The lowest BCUT2D eigenvalue weighted by atomic mass is 9.48. The zero-order chi connectivity index (χ0) is 16.2. The van der Waals surface area contributed by atoms with Gasteiger partial charge in [0.2, 0.25) is 10.0 Å². The maximum atomic E-state index is 12.7. The summed E-state index contributed by atoms with van der Waals surface area (Å²) in [6, 6.07) is 3.01. The maximum Gasteiger partial charge on any atom is 0.242 e. The fourth-order valence-corrected chi connectivity index (χ4v) is 7.06. The smallest absolute Gasteiger partial charge is 0.242 e. The molecule has 1 heterocycles. The molecule has 4 bridgehead atoms. The van der Waals surface area contributed by atoms with E-state index in [2.05, 4.69) is 9.71 Å². The monoisotopic (exact) mass is 354 g/mol. The van der Waals surface area contributed by atoms with E-state index in [4.69, 9.17) is 11.6 Å². The van der Waals surface area contributed by atoms with Crippen molar-refractivity contribution in [3.63, 3.8) is 0 Å². The summed E-state index contributed by atoms with van der Waals surface area (Å²) in [6.45, 7) is 2.05. The maximum absolute atomic E-state index is 12.7. The molecule has 0 radical (unpaired) electrons. The van der Waals surface area contributed by atoms with Crippen LogP contribution < -0.4 is 4.72 Å². The summed E-state index contributed by atoms with van der Waals surface area (Å²) >= 11 is 5.75. The molecule has 0 spiro atoms. The SMILES string of the molecule is C[C@H](NS(=O)(=O)c1ccc(Cl)nc1)C12CC3CC(CC(C3)C1)C2. The van der Waals surface area contributed by atoms with E-state index in [1.165, 1.54) is 56.9 Å². The number of hydrogen-bond acceptors (Lipinski definition) is 3. The molecule has 1 aromatic rings. The third-order valence-corrected chi connectivity index (χ3v) is 8.10. The van der Waals surface area contributed by atoms with Crippen LogP contribution in [0.5, 0.6) is 0 Å². The fourth-order valence-electron chi connectivity index (χ4n) is 5.65. The van der Waals surface area contributed by atoms with E-state index >= 15 is 0 Å². The number of sulfonamides is 1. The van der Waals surface area contributed by atoms with Crippen LogP contribution >= 0.6 is 11.6 Å². The Hall–Kier alpha value is -0.650. The fraction of sp³-hybridized carbons (Fsp3) is 0.706. The largest absolute Gasteiger partial charge is 0.243 e. The molecule has 126 valence electrons. The summed E-state index contributed by atoms with van der Waals surface area (Å²) in [4.78, 5) is 4.08. The van der Waals surface area contributed by atoms with Crippen molar-refractivity contribution in [2.24, 2.45) is 23.2 Å². The summed E-state index contributed by atoms with van der Waals surface area (Å²) in [6.07, 6.45) is 8.96. The number of nitrogens with zero attached hydrogens (tertiary/aromatic N) is 1. The summed E-state index contributed by atoms with van der Waals surface area (Å²) in [5.74, 6) is 2.43. The molecule has 4 nitrogen and oxygen atoms in total. The summed E-state index contributed by atoms with van der Waals surface area (Å²) in [7, 11) is -3.54. The molecule has 23 heavy (non-hydrogen) atoms. The van der Waals surface area contributed by atoms with Crippen LogP contribution in [0.15, 0.2) is 23.2 Å². The second-order valence-electron chi connectivity index (χ2n) is 7.94. The van der Waals surface area contributed by atoms with Crippen molar-refractivity contribution in [1.82, 2.24) is 9.71 Å². The van der Waals surface area contributed by atoms with Crippen molar-refractivity contribution in [2.45, 2.75) is 56.4 Å². The van der Waals surface area contributed by atoms with Crippen LogP contribution in [0.1, 0.15) is 45.4 Å². The molecule has 0 aromatic carbocycles. The van der Waals surface area contributed by atoms with Crippen LogP contribution in [-0.4, -0.2) is 19.4 Å². The van der Waals surface area contributed by atoms with Gasteiger partial charge in [-0.1, -0.05) is 11.6 Å². The minimum atomic E-state index is -3.54. The summed E-state index contributed by atoms with van der Waals surface area (Å²) in [5.41, 5.74) is 0.154. The molecule has 4 saturated carbocycles. The van der Waals surface area contributed by atoms with E-state index in [0.717, 1.165) is 17.8 Å². The van der Waals surface area contributed by atoms with Crippen LogP contribution in [-0.2, 0) is 10.0 Å². The Morgan fingerprint density at radius 2 is 1.74 bits per heavy atom. The van der Waals surface area contributed by atoms with Gasteiger partial charge in [0.25, 0.3) is 0 Å². The zero-order valence-corrected chi connectivity index (χ0v) is 14.9. The van der Waals surface area contributed by atoms with Gasteiger partial charge in [0.15, 0.2) is 0 Å². The predicted molar refractivity (Wildman–Crippen MR) is 89.6 cm³/mol. The number of rotatable bonds is 4. The van der Waals surface area contributed by atoms with Gasteiger partial charge in [-0.2, -0.15) is 0 Å². The van der Waals surface area contributed by atoms with E-state index in [-0.39, 0.29) is 16.4 Å². The third-order valence-electron chi connectivity index (χ3n) is 6.35. The molecule has 4 aliphatic carbocycles. The third kappa shape index (κ3) is 2.81. The van der Waals surface area contributed by atoms with Crippen molar-refractivity contribution < 1.29 is 8.42 Å². The molecule has 1 N–H and O–H groups in total. The number of pyridine rings is 1. The molecular formula is C17H23ClN2O2S. The van der Waals surface area contributed by atoms with Crippen LogP contribution in [0, 0.1) is 23.2 Å². The van der Waals surface area contributed by atoms with Crippen molar-refractivity contribution >= 4 is 21.6 Å². The lowest BCUT2D eigenvalue weighted by molar-refractivity contribution is -0.0666. The molecule has 1 aromatic heterocycles. The van der Waals surface area contributed by atoms with Gasteiger partial charge in [-0.3, -0.25) is 0 Å². The van der Waals surface area contributed by atoms with E-state index in [0.29, 0.717) is 5.15 Å². The molecular weight excluding hydrogens is 332 g/mol. The van der Waals surface area contributed by atoms with E-state index in [1.807, 2.05) is 6.92 Å². The topological polar surface area (TPSA) is 59.1 Å². The van der Waals surface area contributed by atoms with E-state index < -0.39 is 10.0 Å². The highest BCUT2D eigenvalue weighted by atomic mass is 35.5. The van der Waals surface area contributed by atoms with E-state index in [1.54, 1.807) is 0 Å².